The van der Waals surface area contributed by atoms with Crippen molar-refractivity contribution < 1.29 is 14.3 Å². The van der Waals surface area contributed by atoms with E-state index in [1.165, 1.54) is 6.92 Å². The molecule has 0 fully saturated rings. The molecule has 1 rings (SSSR count). The molecular formula is C9H14O3. The van der Waals surface area contributed by atoms with E-state index in [0.717, 1.165) is 6.42 Å². The maximum atomic E-state index is 10.5. The van der Waals surface area contributed by atoms with Gasteiger partial charge < -0.3 is 9.47 Å². The fraction of sp³-hybridized carbons (Fsp3) is 0.667. The topological polar surface area (TPSA) is 35.5 Å². The van der Waals surface area contributed by atoms with Gasteiger partial charge in [0.2, 0.25) is 0 Å². The second-order valence-corrected chi connectivity index (χ2v) is 2.93. The van der Waals surface area contributed by atoms with Crippen LogP contribution in [-0.2, 0) is 14.3 Å². The quantitative estimate of drug-likeness (QED) is 0.462. The van der Waals surface area contributed by atoms with Crippen LogP contribution in [0.1, 0.15) is 20.3 Å². The smallest absolute Gasteiger partial charge is 0.302 e. The normalized spacial score (nSPS) is 28.5. The fourth-order valence-corrected chi connectivity index (χ4v) is 1.14. The first-order valence-electron chi connectivity index (χ1n) is 4.14. The van der Waals surface area contributed by atoms with Gasteiger partial charge in [-0.05, 0) is 13.3 Å². The highest BCUT2D eigenvalue weighted by Crippen LogP contribution is 2.11. The zero-order valence-corrected chi connectivity index (χ0v) is 7.45. The zero-order valence-electron chi connectivity index (χ0n) is 7.45. The SMILES string of the molecule is CC(=O)OCC1CC=CC(C)O1. The summed E-state index contributed by atoms with van der Waals surface area (Å²) in [7, 11) is 0. The van der Waals surface area contributed by atoms with Crippen molar-refractivity contribution in [2.24, 2.45) is 0 Å². The molecule has 3 nitrogen and oxygen atoms in total. The molecule has 0 saturated carbocycles. The van der Waals surface area contributed by atoms with E-state index >= 15 is 0 Å². The predicted octanol–water partition coefficient (Wildman–Crippen LogP) is 1.28. The molecule has 0 aromatic carbocycles. The van der Waals surface area contributed by atoms with Crippen LogP contribution in [0.3, 0.4) is 0 Å². The molecule has 1 aliphatic heterocycles. The molecule has 0 aromatic rings. The molecule has 1 aliphatic rings. The lowest BCUT2D eigenvalue weighted by Crippen LogP contribution is -2.27. The summed E-state index contributed by atoms with van der Waals surface area (Å²) in [5.41, 5.74) is 0. The van der Waals surface area contributed by atoms with E-state index in [4.69, 9.17) is 9.47 Å². The van der Waals surface area contributed by atoms with Crippen LogP contribution < -0.4 is 0 Å². The van der Waals surface area contributed by atoms with Gasteiger partial charge in [-0.3, -0.25) is 4.79 Å². The minimum atomic E-state index is -0.249. The number of rotatable bonds is 2. The molecular weight excluding hydrogens is 156 g/mol. The van der Waals surface area contributed by atoms with Crippen LogP contribution in [0, 0.1) is 0 Å². The van der Waals surface area contributed by atoms with Crippen molar-refractivity contribution in [3.8, 4) is 0 Å². The molecule has 0 aliphatic carbocycles. The Balaban J connectivity index is 2.25. The van der Waals surface area contributed by atoms with Crippen molar-refractivity contribution in [1.29, 1.82) is 0 Å². The predicted molar refractivity (Wildman–Crippen MR) is 44.7 cm³/mol. The number of carbonyl (C=O) groups excluding carboxylic acids is 1. The van der Waals surface area contributed by atoms with Gasteiger partial charge in [-0.1, -0.05) is 12.2 Å². The van der Waals surface area contributed by atoms with Gasteiger partial charge in [0.05, 0.1) is 12.2 Å². The van der Waals surface area contributed by atoms with Crippen molar-refractivity contribution in [2.75, 3.05) is 6.61 Å². The first-order chi connectivity index (χ1) is 5.68. The lowest BCUT2D eigenvalue weighted by Gasteiger charge is -2.22. The van der Waals surface area contributed by atoms with Crippen molar-refractivity contribution >= 4 is 5.97 Å². The Hall–Kier alpha value is -0.830. The molecule has 0 saturated heterocycles. The number of hydrogen-bond donors (Lipinski definition) is 0. The highest BCUT2D eigenvalue weighted by molar-refractivity contribution is 5.65. The third-order valence-corrected chi connectivity index (χ3v) is 1.69. The van der Waals surface area contributed by atoms with Gasteiger partial charge >= 0.3 is 5.97 Å². The Kier molecular flexibility index (Phi) is 3.29. The lowest BCUT2D eigenvalue weighted by atomic mass is 10.2. The Labute approximate surface area is 72.4 Å². The largest absolute Gasteiger partial charge is 0.463 e. The molecule has 0 aromatic heterocycles. The van der Waals surface area contributed by atoms with E-state index in [2.05, 4.69) is 6.08 Å². The standard InChI is InChI=1S/C9H14O3/c1-7-4-3-5-9(12-7)6-11-8(2)10/h3-4,7,9H,5-6H2,1-2H3. The van der Waals surface area contributed by atoms with Gasteiger partial charge in [0.25, 0.3) is 0 Å². The monoisotopic (exact) mass is 170 g/mol. The summed E-state index contributed by atoms with van der Waals surface area (Å²) in [6, 6.07) is 0. The number of esters is 1. The first-order valence-corrected chi connectivity index (χ1v) is 4.14. The molecule has 0 amide bonds. The molecule has 0 bridgehead atoms. The van der Waals surface area contributed by atoms with E-state index in [1.54, 1.807) is 0 Å². The second kappa shape index (κ2) is 4.26. The Morgan fingerprint density at radius 1 is 1.75 bits per heavy atom. The van der Waals surface area contributed by atoms with E-state index in [0.29, 0.717) is 6.61 Å². The fourth-order valence-electron chi connectivity index (χ4n) is 1.14. The summed E-state index contributed by atoms with van der Waals surface area (Å²) in [6.45, 7) is 3.74. The minimum absolute atomic E-state index is 0.0360. The molecule has 12 heavy (non-hydrogen) atoms. The Morgan fingerprint density at radius 2 is 2.50 bits per heavy atom. The summed E-state index contributed by atoms with van der Waals surface area (Å²) in [4.78, 5) is 10.5. The number of hydrogen-bond acceptors (Lipinski definition) is 3. The first kappa shape index (κ1) is 9.26. The molecule has 0 radical (unpaired) electrons. The van der Waals surface area contributed by atoms with Gasteiger partial charge in [0.15, 0.2) is 0 Å². The lowest BCUT2D eigenvalue weighted by molar-refractivity contribution is -0.146. The summed E-state index contributed by atoms with van der Waals surface area (Å²) >= 11 is 0. The van der Waals surface area contributed by atoms with Crippen molar-refractivity contribution in [2.45, 2.75) is 32.5 Å². The Bertz CT molecular complexity index is 186. The van der Waals surface area contributed by atoms with Crippen LogP contribution in [-0.4, -0.2) is 24.8 Å². The van der Waals surface area contributed by atoms with Crippen LogP contribution in [0.15, 0.2) is 12.2 Å². The van der Waals surface area contributed by atoms with Gasteiger partial charge in [-0.15, -0.1) is 0 Å². The highest BCUT2D eigenvalue weighted by atomic mass is 16.6. The minimum Gasteiger partial charge on any atom is -0.463 e. The van der Waals surface area contributed by atoms with Crippen LogP contribution >= 0.6 is 0 Å². The van der Waals surface area contributed by atoms with E-state index in [-0.39, 0.29) is 18.2 Å². The maximum absolute atomic E-state index is 10.5. The van der Waals surface area contributed by atoms with Gasteiger partial charge in [0, 0.05) is 6.92 Å². The van der Waals surface area contributed by atoms with Crippen molar-refractivity contribution in [1.82, 2.24) is 0 Å². The van der Waals surface area contributed by atoms with Crippen LogP contribution in [0.2, 0.25) is 0 Å². The van der Waals surface area contributed by atoms with Crippen LogP contribution in [0.25, 0.3) is 0 Å². The summed E-state index contributed by atoms with van der Waals surface area (Å²) in [5.74, 6) is -0.249. The molecule has 1 heterocycles. The average molecular weight is 170 g/mol. The zero-order chi connectivity index (χ0) is 8.97. The molecule has 68 valence electrons. The highest BCUT2D eigenvalue weighted by Gasteiger charge is 2.15. The molecule has 3 heteroatoms. The van der Waals surface area contributed by atoms with Gasteiger partial charge in [0.1, 0.15) is 6.61 Å². The number of ether oxygens (including phenoxy) is 2. The third-order valence-electron chi connectivity index (χ3n) is 1.69. The van der Waals surface area contributed by atoms with E-state index < -0.39 is 0 Å². The summed E-state index contributed by atoms with van der Waals surface area (Å²) in [5, 5.41) is 0. The third kappa shape index (κ3) is 3.05. The summed E-state index contributed by atoms with van der Waals surface area (Å²) < 4.78 is 10.3. The molecule has 2 atom stereocenters. The molecule has 0 N–H and O–H groups in total. The number of carbonyl (C=O) groups is 1. The average Bonchev–Trinajstić information content (AvgIpc) is 2.01. The van der Waals surface area contributed by atoms with Crippen LogP contribution in [0.4, 0.5) is 0 Å². The van der Waals surface area contributed by atoms with Crippen LogP contribution in [0.5, 0.6) is 0 Å². The molecule has 2 unspecified atom stereocenters. The van der Waals surface area contributed by atoms with Crippen molar-refractivity contribution in [3.63, 3.8) is 0 Å². The Morgan fingerprint density at radius 3 is 3.08 bits per heavy atom. The molecule has 0 spiro atoms. The van der Waals surface area contributed by atoms with Crippen molar-refractivity contribution in [3.05, 3.63) is 12.2 Å². The second-order valence-electron chi connectivity index (χ2n) is 2.93. The van der Waals surface area contributed by atoms with Gasteiger partial charge in [-0.2, -0.15) is 0 Å². The van der Waals surface area contributed by atoms with E-state index in [1.807, 2.05) is 13.0 Å². The maximum Gasteiger partial charge on any atom is 0.302 e. The summed E-state index contributed by atoms with van der Waals surface area (Å²) in [6.07, 6.45) is 5.07. The van der Waals surface area contributed by atoms with Gasteiger partial charge in [-0.25, -0.2) is 0 Å². The van der Waals surface area contributed by atoms with E-state index in [9.17, 15) is 4.79 Å².